The summed E-state index contributed by atoms with van der Waals surface area (Å²) >= 11 is 5.87. The lowest BCUT2D eigenvalue weighted by Gasteiger charge is -2.17. The second kappa shape index (κ2) is 4.41. The van der Waals surface area contributed by atoms with Gasteiger partial charge < -0.3 is 0 Å². The number of allylic oxidation sites excluding steroid dienone is 2. The van der Waals surface area contributed by atoms with Gasteiger partial charge in [-0.05, 0) is 24.6 Å². The predicted octanol–water partition coefficient (Wildman–Crippen LogP) is 3.50. The zero-order valence-electron chi connectivity index (χ0n) is 9.22. The fourth-order valence-electron chi connectivity index (χ4n) is 1.89. The number of rotatable bonds is 2. The Balaban J connectivity index is 2.60. The highest BCUT2D eigenvalue weighted by atomic mass is 35.5. The third kappa shape index (κ3) is 1.91. The lowest BCUT2D eigenvalue weighted by molar-refractivity contribution is 0.0977. The third-order valence-corrected chi connectivity index (χ3v) is 3.11. The number of carbonyl (C=O) groups is 2. The van der Waals surface area contributed by atoms with E-state index in [0.29, 0.717) is 12.0 Å². The summed E-state index contributed by atoms with van der Waals surface area (Å²) in [5.41, 5.74) is 0.627. The average Bonchev–Trinajstić information content (AvgIpc) is 2.32. The van der Waals surface area contributed by atoms with Crippen molar-refractivity contribution in [1.82, 2.24) is 0 Å². The predicted molar refractivity (Wildman–Crippen MR) is 62.8 cm³/mol. The summed E-state index contributed by atoms with van der Waals surface area (Å²) in [4.78, 5) is 23.9. The van der Waals surface area contributed by atoms with Crippen molar-refractivity contribution in [3.63, 3.8) is 0 Å². The molecule has 0 unspecified atom stereocenters. The molecule has 2 nitrogen and oxygen atoms in total. The number of carbonyl (C=O) groups excluding carboxylic acids is 2. The first kappa shape index (κ1) is 12.0. The summed E-state index contributed by atoms with van der Waals surface area (Å²) in [5, 5.41) is -0.0741. The molecule has 1 aromatic carbocycles. The Morgan fingerprint density at radius 3 is 2.53 bits per heavy atom. The minimum absolute atomic E-state index is 0.0554. The average molecular weight is 253 g/mol. The van der Waals surface area contributed by atoms with Gasteiger partial charge in [-0.2, -0.15) is 0 Å². The second-order valence-corrected chi connectivity index (χ2v) is 4.27. The van der Waals surface area contributed by atoms with Crippen molar-refractivity contribution in [2.45, 2.75) is 19.8 Å². The molecule has 1 aliphatic carbocycles. The lowest BCUT2D eigenvalue weighted by atomic mass is 9.87. The molecule has 1 aliphatic rings. The zero-order chi connectivity index (χ0) is 12.6. The van der Waals surface area contributed by atoms with E-state index in [2.05, 4.69) is 0 Å². The van der Waals surface area contributed by atoms with Gasteiger partial charge in [0.15, 0.2) is 5.78 Å². The quantitative estimate of drug-likeness (QED) is 0.807. The van der Waals surface area contributed by atoms with Crippen molar-refractivity contribution in [2.24, 2.45) is 0 Å². The smallest absolute Gasteiger partial charge is 0.205 e. The van der Waals surface area contributed by atoms with Crippen molar-refractivity contribution in [3.05, 3.63) is 45.7 Å². The number of hydrogen-bond donors (Lipinski definition) is 0. The number of hydrogen-bond acceptors (Lipinski definition) is 2. The first-order chi connectivity index (χ1) is 8.06. The van der Waals surface area contributed by atoms with Gasteiger partial charge >= 0.3 is 0 Å². The Labute approximate surface area is 103 Å². The van der Waals surface area contributed by atoms with E-state index in [9.17, 15) is 14.0 Å². The van der Waals surface area contributed by atoms with Gasteiger partial charge in [0.2, 0.25) is 5.78 Å². The highest BCUT2D eigenvalue weighted by Gasteiger charge is 2.30. The van der Waals surface area contributed by atoms with Crippen LogP contribution in [0.15, 0.2) is 28.8 Å². The Morgan fingerprint density at radius 1 is 1.18 bits per heavy atom. The molecule has 2 rings (SSSR count). The van der Waals surface area contributed by atoms with Gasteiger partial charge in [0.1, 0.15) is 5.82 Å². The van der Waals surface area contributed by atoms with Crippen LogP contribution in [0.5, 0.6) is 0 Å². The highest BCUT2D eigenvalue weighted by molar-refractivity contribution is 6.50. The first-order valence-electron chi connectivity index (χ1n) is 5.33. The van der Waals surface area contributed by atoms with Gasteiger partial charge in [-0.15, -0.1) is 0 Å². The van der Waals surface area contributed by atoms with Crippen LogP contribution in [0.1, 0.15) is 40.5 Å². The molecular weight excluding hydrogens is 243 g/mol. The summed E-state index contributed by atoms with van der Waals surface area (Å²) in [7, 11) is 0. The van der Waals surface area contributed by atoms with Gasteiger partial charge in [-0.3, -0.25) is 9.59 Å². The topological polar surface area (TPSA) is 34.1 Å². The van der Waals surface area contributed by atoms with Gasteiger partial charge in [0.25, 0.3) is 0 Å². The molecular formula is C13H10ClFO2. The van der Waals surface area contributed by atoms with E-state index in [0.717, 1.165) is 12.5 Å². The normalized spacial score (nSPS) is 15.2. The van der Waals surface area contributed by atoms with E-state index < -0.39 is 11.6 Å². The van der Waals surface area contributed by atoms with E-state index in [-0.39, 0.29) is 21.9 Å². The molecule has 0 aliphatic heterocycles. The molecule has 0 radical (unpaired) electrons. The Kier molecular flexibility index (Phi) is 3.11. The molecule has 0 bridgehead atoms. The lowest BCUT2D eigenvalue weighted by Crippen LogP contribution is -2.20. The third-order valence-electron chi connectivity index (χ3n) is 2.71. The molecule has 0 saturated heterocycles. The number of ketones is 2. The second-order valence-electron chi connectivity index (χ2n) is 3.89. The number of Topliss-reactive ketones (excluding diaryl/α,β-unsaturated/α-hetero) is 2. The van der Waals surface area contributed by atoms with Crippen LogP contribution in [0.4, 0.5) is 4.39 Å². The summed E-state index contributed by atoms with van der Waals surface area (Å²) < 4.78 is 13.0. The minimum Gasteiger partial charge on any atom is -0.289 e. The van der Waals surface area contributed by atoms with E-state index in [1.807, 2.05) is 6.92 Å². The summed E-state index contributed by atoms with van der Waals surface area (Å²) in [6.45, 7) is 1.90. The van der Waals surface area contributed by atoms with E-state index in [1.165, 1.54) is 12.1 Å². The van der Waals surface area contributed by atoms with Crippen LogP contribution < -0.4 is 0 Å². The van der Waals surface area contributed by atoms with Crippen molar-refractivity contribution in [1.29, 1.82) is 0 Å². The van der Waals surface area contributed by atoms with E-state index in [1.54, 1.807) is 0 Å². The molecule has 0 amide bonds. The molecule has 4 heteroatoms. The van der Waals surface area contributed by atoms with Crippen molar-refractivity contribution < 1.29 is 14.0 Å². The monoisotopic (exact) mass is 252 g/mol. The van der Waals surface area contributed by atoms with Crippen LogP contribution in [0.25, 0.3) is 0 Å². The summed E-state index contributed by atoms with van der Waals surface area (Å²) in [5.74, 6) is -1.29. The standard InChI is InChI=1S/C13H10ClFO2/c1-2-3-9-11(14)13(17)10-6-7(15)4-5-8(10)12(9)16/h4-6H,2-3H2,1H3. The van der Waals surface area contributed by atoms with Crippen LogP contribution in [0.3, 0.4) is 0 Å². The maximum atomic E-state index is 13.0. The summed E-state index contributed by atoms with van der Waals surface area (Å²) in [6, 6.07) is 3.57. The van der Waals surface area contributed by atoms with Crippen molar-refractivity contribution in [2.75, 3.05) is 0 Å². The SMILES string of the molecule is CCCC1=C(Cl)C(=O)c2cc(F)ccc2C1=O. The number of fused-ring (bicyclic) bond motifs is 1. The molecule has 1 aromatic rings. The molecule has 0 aromatic heterocycles. The highest BCUT2D eigenvalue weighted by Crippen LogP contribution is 2.31. The Morgan fingerprint density at radius 2 is 1.88 bits per heavy atom. The van der Waals surface area contributed by atoms with Gasteiger partial charge in [0, 0.05) is 16.7 Å². The largest absolute Gasteiger partial charge is 0.289 e. The number of halogens is 2. The first-order valence-corrected chi connectivity index (χ1v) is 5.71. The van der Waals surface area contributed by atoms with Gasteiger partial charge in [-0.25, -0.2) is 4.39 Å². The zero-order valence-corrected chi connectivity index (χ0v) is 9.97. The molecule has 0 spiro atoms. The fourth-order valence-corrected chi connectivity index (χ4v) is 2.18. The van der Waals surface area contributed by atoms with Crippen molar-refractivity contribution >= 4 is 23.2 Å². The molecule has 0 heterocycles. The molecule has 0 N–H and O–H groups in total. The fraction of sp³-hybridized carbons (Fsp3) is 0.231. The molecule has 0 fully saturated rings. The van der Waals surface area contributed by atoms with Gasteiger partial charge in [-0.1, -0.05) is 24.9 Å². The molecule has 17 heavy (non-hydrogen) atoms. The summed E-state index contributed by atoms with van der Waals surface area (Å²) in [6.07, 6.45) is 1.18. The van der Waals surface area contributed by atoms with Crippen LogP contribution in [-0.2, 0) is 0 Å². The Hall–Kier alpha value is -1.48. The van der Waals surface area contributed by atoms with E-state index in [4.69, 9.17) is 11.6 Å². The van der Waals surface area contributed by atoms with Gasteiger partial charge in [0.05, 0.1) is 5.03 Å². The number of benzene rings is 1. The minimum atomic E-state index is -0.548. The maximum absolute atomic E-state index is 13.0. The molecule has 0 saturated carbocycles. The van der Waals surface area contributed by atoms with Crippen LogP contribution >= 0.6 is 11.6 Å². The molecule has 88 valence electrons. The van der Waals surface area contributed by atoms with E-state index >= 15 is 0 Å². The van der Waals surface area contributed by atoms with Crippen molar-refractivity contribution in [3.8, 4) is 0 Å². The maximum Gasteiger partial charge on any atom is 0.205 e. The van der Waals surface area contributed by atoms with Crippen LogP contribution in [0, 0.1) is 5.82 Å². The van der Waals surface area contributed by atoms with Crippen LogP contribution in [-0.4, -0.2) is 11.6 Å². The molecule has 0 atom stereocenters. The Bertz CT molecular complexity index is 546. The van der Waals surface area contributed by atoms with Crippen LogP contribution in [0.2, 0.25) is 0 Å².